The number of benzene rings is 1. The minimum atomic E-state index is -0.356. The van der Waals surface area contributed by atoms with Gasteiger partial charge in [-0.05, 0) is 42.5 Å². The normalized spacial score (nSPS) is 12.6. The average Bonchev–Trinajstić information content (AvgIpc) is 3.07. The number of para-hydroxylation sites is 1. The second-order valence-electron chi connectivity index (χ2n) is 8.27. The molecular weight excluding hydrogens is 364 g/mol. The lowest BCUT2D eigenvalue weighted by atomic mass is 9.86. The Balaban J connectivity index is 1.99. The maximum absolute atomic E-state index is 13.1. The molecule has 0 aliphatic rings. The molecule has 1 aromatic carbocycles. The van der Waals surface area contributed by atoms with Gasteiger partial charge >= 0.3 is 0 Å². The van der Waals surface area contributed by atoms with Gasteiger partial charge in [0.15, 0.2) is 5.69 Å². The van der Waals surface area contributed by atoms with Crippen LogP contribution in [0.5, 0.6) is 0 Å². The number of hydrogen-bond donors (Lipinski definition) is 2. The summed E-state index contributed by atoms with van der Waals surface area (Å²) in [5, 5.41) is 5.90. The molecule has 1 unspecified atom stereocenters. The lowest BCUT2D eigenvalue weighted by Gasteiger charge is -2.22. The number of fused-ring (bicyclic) bond motifs is 1. The number of amides is 2. The summed E-state index contributed by atoms with van der Waals surface area (Å²) in [7, 11) is 0. The number of hydrogen-bond acceptors (Lipinski definition) is 3. The van der Waals surface area contributed by atoms with Crippen molar-refractivity contribution in [2.45, 2.75) is 52.5 Å². The fraction of sp³-hybridized carbons (Fsp3) is 0.348. The molecule has 0 fully saturated rings. The zero-order valence-corrected chi connectivity index (χ0v) is 17.6. The Labute approximate surface area is 171 Å². The number of imidazole rings is 1. The zero-order chi connectivity index (χ0) is 21.2. The Kier molecular flexibility index (Phi) is 5.73. The van der Waals surface area contributed by atoms with Gasteiger partial charge in [0.1, 0.15) is 0 Å². The van der Waals surface area contributed by atoms with Gasteiger partial charge in [-0.15, -0.1) is 0 Å². The van der Waals surface area contributed by atoms with E-state index in [-0.39, 0.29) is 34.8 Å². The van der Waals surface area contributed by atoms with E-state index < -0.39 is 0 Å². The molecule has 0 aliphatic carbocycles. The van der Waals surface area contributed by atoms with Gasteiger partial charge in [0.2, 0.25) is 5.82 Å². The Morgan fingerprint density at radius 1 is 1.07 bits per heavy atom. The van der Waals surface area contributed by atoms with Crippen LogP contribution in [0, 0.1) is 0 Å². The summed E-state index contributed by atoms with van der Waals surface area (Å²) in [5.74, 6) is -0.457. The lowest BCUT2D eigenvalue weighted by molar-refractivity contribution is 0.0936. The van der Waals surface area contributed by atoms with E-state index in [1.807, 2.05) is 50.2 Å². The van der Waals surface area contributed by atoms with Crippen molar-refractivity contribution >= 4 is 23.0 Å². The summed E-state index contributed by atoms with van der Waals surface area (Å²) in [5.41, 5.74) is 2.50. The summed E-state index contributed by atoms with van der Waals surface area (Å²) < 4.78 is 1.65. The third kappa shape index (κ3) is 4.31. The molecule has 152 valence electrons. The Morgan fingerprint density at radius 2 is 1.76 bits per heavy atom. The monoisotopic (exact) mass is 392 g/mol. The number of aromatic nitrogens is 2. The molecule has 1 atom stereocenters. The average molecular weight is 393 g/mol. The van der Waals surface area contributed by atoms with Gasteiger partial charge in [0.25, 0.3) is 11.8 Å². The number of carbonyl (C=O) groups is 2. The summed E-state index contributed by atoms with van der Waals surface area (Å²) in [6, 6.07) is 13.2. The molecule has 2 N–H and O–H groups in total. The van der Waals surface area contributed by atoms with Gasteiger partial charge in [-0.1, -0.05) is 52.0 Å². The molecule has 3 aromatic rings. The second-order valence-corrected chi connectivity index (χ2v) is 8.27. The van der Waals surface area contributed by atoms with Crippen LogP contribution in [0.4, 0.5) is 5.69 Å². The van der Waals surface area contributed by atoms with Crippen LogP contribution in [0.1, 0.15) is 67.7 Å². The summed E-state index contributed by atoms with van der Waals surface area (Å²) in [4.78, 5) is 30.2. The SMILES string of the molecule is CCC(C)NC(=O)c1nc(C(=O)Nc2ccccc2C(C)(C)C)n2ccccc12. The lowest BCUT2D eigenvalue weighted by Crippen LogP contribution is -2.32. The third-order valence-electron chi connectivity index (χ3n) is 4.94. The molecule has 2 heterocycles. The molecule has 0 aliphatic heterocycles. The van der Waals surface area contributed by atoms with E-state index in [9.17, 15) is 9.59 Å². The van der Waals surface area contributed by atoms with Gasteiger partial charge in [-0.2, -0.15) is 0 Å². The predicted octanol–water partition coefficient (Wildman–Crippen LogP) is 4.41. The number of carbonyl (C=O) groups excluding carboxylic acids is 2. The first-order valence-corrected chi connectivity index (χ1v) is 9.91. The van der Waals surface area contributed by atoms with E-state index in [1.165, 1.54) is 0 Å². The van der Waals surface area contributed by atoms with Gasteiger partial charge in [-0.3, -0.25) is 14.0 Å². The largest absolute Gasteiger partial charge is 0.348 e. The first-order chi connectivity index (χ1) is 13.7. The van der Waals surface area contributed by atoms with Crippen molar-refractivity contribution in [2.75, 3.05) is 5.32 Å². The van der Waals surface area contributed by atoms with E-state index in [0.717, 1.165) is 17.7 Å². The topological polar surface area (TPSA) is 75.5 Å². The molecule has 0 saturated carbocycles. The fourth-order valence-corrected chi connectivity index (χ4v) is 3.18. The standard InChI is InChI=1S/C23H28N4O2/c1-6-15(2)24-21(28)19-18-13-9-10-14-27(18)20(26-19)22(29)25-17-12-8-7-11-16(17)23(3,4)5/h7-15H,6H2,1-5H3,(H,24,28)(H,25,29). The van der Waals surface area contributed by atoms with Crippen LogP contribution in [0.15, 0.2) is 48.7 Å². The minimum Gasteiger partial charge on any atom is -0.348 e. The van der Waals surface area contributed by atoms with Crippen molar-refractivity contribution in [3.05, 3.63) is 65.7 Å². The number of nitrogens with one attached hydrogen (secondary N) is 2. The second kappa shape index (κ2) is 8.07. The van der Waals surface area contributed by atoms with Crippen LogP contribution in [0.25, 0.3) is 5.52 Å². The molecular formula is C23H28N4O2. The van der Waals surface area contributed by atoms with Crippen molar-refractivity contribution in [1.82, 2.24) is 14.7 Å². The van der Waals surface area contributed by atoms with E-state index in [4.69, 9.17) is 0 Å². The van der Waals surface area contributed by atoms with E-state index in [2.05, 4.69) is 36.4 Å². The minimum absolute atomic E-state index is 0.0268. The van der Waals surface area contributed by atoms with Crippen molar-refractivity contribution in [3.63, 3.8) is 0 Å². The molecule has 2 amide bonds. The maximum Gasteiger partial charge on any atom is 0.292 e. The highest BCUT2D eigenvalue weighted by atomic mass is 16.2. The molecule has 0 bridgehead atoms. The van der Waals surface area contributed by atoms with Crippen LogP contribution in [0.2, 0.25) is 0 Å². The van der Waals surface area contributed by atoms with Crippen molar-refractivity contribution in [1.29, 1.82) is 0 Å². The number of pyridine rings is 1. The fourth-order valence-electron chi connectivity index (χ4n) is 3.18. The van der Waals surface area contributed by atoms with Gasteiger partial charge in [0.05, 0.1) is 5.52 Å². The van der Waals surface area contributed by atoms with Crippen LogP contribution < -0.4 is 10.6 Å². The molecule has 0 radical (unpaired) electrons. The molecule has 29 heavy (non-hydrogen) atoms. The number of anilines is 1. The van der Waals surface area contributed by atoms with Crippen LogP contribution >= 0.6 is 0 Å². The quantitative estimate of drug-likeness (QED) is 0.675. The molecule has 6 nitrogen and oxygen atoms in total. The molecule has 3 rings (SSSR count). The number of rotatable bonds is 5. The maximum atomic E-state index is 13.1. The van der Waals surface area contributed by atoms with E-state index >= 15 is 0 Å². The Morgan fingerprint density at radius 3 is 2.45 bits per heavy atom. The number of nitrogens with zero attached hydrogens (tertiary/aromatic N) is 2. The van der Waals surface area contributed by atoms with Gasteiger partial charge in [0, 0.05) is 17.9 Å². The van der Waals surface area contributed by atoms with Gasteiger partial charge in [-0.25, -0.2) is 4.98 Å². The molecule has 6 heteroatoms. The van der Waals surface area contributed by atoms with Crippen LogP contribution in [0.3, 0.4) is 0 Å². The van der Waals surface area contributed by atoms with Crippen molar-refractivity contribution < 1.29 is 9.59 Å². The first kappa shape index (κ1) is 20.6. The first-order valence-electron chi connectivity index (χ1n) is 9.91. The highest BCUT2D eigenvalue weighted by Crippen LogP contribution is 2.29. The Hall–Kier alpha value is -3.15. The van der Waals surface area contributed by atoms with Gasteiger partial charge < -0.3 is 10.6 Å². The van der Waals surface area contributed by atoms with Crippen LogP contribution in [-0.2, 0) is 5.41 Å². The smallest absolute Gasteiger partial charge is 0.292 e. The zero-order valence-electron chi connectivity index (χ0n) is 17.6. The third-order valence-corrected chi connectivity index (χ3v) is 4.94. The van der Waals surface area contributed by atoms with Crippen molar-refractivity contribution in [3.8, 4) is 0 Å². The van der Waals surface area contributed by atoms with E-state index in [0.29, 0.717) is 5.52 Å². The van der Waals surface area contributed by atoms with Crippen molar-refractivity contribution in [2.24, 2.45) is 0 Å². The summed E-state index contributed by atoms with van der Waals surface area (Å²) >= 11 is 0. The van der Waals surface area contributed by atoms with Crippen LogP contribution in [-0.4, -0.2) is 27.2 Å². The molecule has 0 spiro atoms. The highest BCUT2D eigenvalue weighted by Gasteiger charge is 2.24. The Bertz CT molecular complexity index is 1050. The molecule has 0 saturated heterocycles. The molecule has 2 aromatic heterocycles. The summed E-state index contributed by atoms with van der Waals surface area (Å²) in [6.45, 7) is 10.2. The highest BCUT2D eigenvalue weighted by molar-refractivity contribution is 6.06. The predicted molar refractivity (Wildman–Crippen MR) is 116 cm³/mol. The van der Waals surface area contributed by atoms with E-state index in [1.54, 1.807) is 16.7 Å². The summed E-state index contributed by atoms with van der Waals surface area (Å²) in [6.07, 6.45) is 2.56.